The van der Waals surface area contributed by atoms with Crippen LogP contribution in [0.5, 0.6) is 0 Å². The van der Waals surface area contributed by atoms with Crippen molar-refractivity contribution in [3.8, 4) is 0 Å². The zero-order valence-corrected chi connectivity index (χ0v) is 15.1. The number of anilines is 2. The Labute approximate surface area is 146 Å². The number of ether oxygens (including phenoxy) is 1. The van der Waals surface area contributed by atoms with Crippen LogP contribution in [0.3, 0.4) is 0 Å². The van der Waals surface area contributed by atoms with Gasteiger partial charge in [0.2, 0.25) is 11.9 Å². The van der Waals surface area contributed by atoms with Crippen molar-refractivity contribution in [1.82, 2.24) is 15.0 Å². The molecule has 0 bridgehead atoms. The Morgan fingerprint density at radius 1 is 1.26 bits per heavy atom. The number of nitrogens with zero attached hydrogens (tertiary/aromatic N) is 4. The van der Waals surface area contributed by atoms with Gasteiger partial charge in [0.15, 0.2) is 12.4 Å². The van der Waals surface area contributed by atoms with Gasteiger partial charge >= 0.3 is 5.97 Å². The smallest absolute Gasteiger partial charge is 0.316 e. The number of esters is 1. The molecule has 0 aliphatic heterocycles. The highest BCUT2D eigenvalue weighted by Gasteiger charge is 2.10. The van der Waals surface area contributed by atoms with Gasteiger partial charge in [0, 0.05) is 23.5 Å². The Hall–Kier alpha value is -1.87. The maximum atomic E-state index is 11.8. The Balaban J connectivity index is 1.85. The van der Waals surface area contributed by atoms with Gasteiger partial charge < -0.3 is 15.4 Å². The standard InChI is InChI=1S/C14H16BrN5O2S/c1-20(2)14-18-11(17-13(16)19-14)7-22-12(21)8-23-10-5-3-9(15)4-6-10/h3-6H,7-8H2,1-2H3,(H2,16,17,18,19). The van der Waals surface area contributed by atoms with Crippen LogP contribution in [0.25, 0.3) is 0 Å². The van der Waals surface area contributed by atoms with Crippen LogP contribution in [0.1, 0.15) is 5.82 Å². The largest absolute Gasteiger partial charge is 0.457 e. The van der Waals surface area contributed by atoms with E-state index < -0.39 is 0 Å². The number of halogens is 1. The molecule has 1 heterocycles. The van der Waals surface area contributed by atoms with Crippen molar-refractivity contribution in [2.45, 2.75) is 11.5 Å². The monoisotopic (exact) mass is 397 g/mol. The zero-order chi connectivity index (χ0) is 16.8. The van der Waals surface area contributed by atoms with Gasteiger partial charge in [-0.3, -0.25) is 4.79 Å². The van der Waals surface area contributed by atoms with Crippen molar-refractivity contribution < 1.29 is 9.53 Å². The number of hydrogen-bond donors (Lipinski definition) is 1. The lowest BCUT2D eigenvalue weighted by Crippen LogP contribution is -2.17. The van der Waals surface area contributed by atoms with E-state index in [1.165, 1.54) is 11.8 Å². The van der Waals surface area contributed by atoms with Gasteiger partial charge in [-0.2, -0.15) is 15.0 Å². The summed E-state index contributed by atoms with van der Waals surface area (Å²) in [6, 6.07) is 7.70. The number of benzene rings is 1. The predicted octanol–water partition coefficient (Wildman–Crippen LogP) is 2.12. The number of aromatic nitrogens is 3. The van der Waals surface area contributed by atoms with Crippen LogP contribution in [-0.2, 0) is 16.1 Å². The number of carbonyl (C=O) groups excluding carboxylic acids is 1. The third-order valence-corrected chi connectivity index (χ3v) is 4.13. The maximum Gasteiger partial charge on any atom is 0.316 e. The summed E-state index contributed by atoms with van der Waals surface area (Å²) in [6.07, 6.45) is 0. The van der Waals surface area contributed by atoms with Gasteiger partial charge in [0.1, 0.15) is 0 Å². The van der Waals surface area contributed by atoms with E-state index in [-0.39, 0.29) is 24.3 Å². The van der Waals surface area contributed by atoms with Crippen molar-refractivity contribution in [3.63, 3.8) is 0 Å². The number of rotatable bonds is 6. The molecule has 0 fully saturated rings. The van der Waals surface area contributed by atoms with Crippen LogP contribution in [0, 0.1) is 0 Å². The Bertz CT molecular complexity index is 681. The topological polar surface area (TPSA) is 94.2 Å². The summed E-state index contributed by atoms with van der Waals surface area (Å²) < 4.78 is 6.16. The van der Waals surface area contributed by atoms with E-state index in [1.807, 2.05) is 24.3 Å². The molecule has 0 radical (unpaired) electrons. The van der Waals surface area contributed by atoms with E-state index in [4.69, 9.17) is 10.5 Å². The molecule has 2 N–H and O–H groups in total. The zero-order valence-electron chi connectivity index (χ0n) is 12.7. The fourth-order valence-electron chi connectivity index (χ4n) is 1.55. The molecule has 122 valence electrons. The minimum atomic E-state index is -0.344. The molecule has 1 aromatic carbocycles. The molecule has 23 heavy (non-hydrogen) atoms. The van der Waals surface area contributed by atoms with Crippen LogP contribution in [0.4, 0.5) is 11.9 Å². The third kappa shape index (κ3) is 5.68. The molecule has 9 heteroatoms. The van der Waals surface area contributed by atoms with Crippen LogP contribution < -0.4 is 10.6 Å². The molecule has 0 spiro atoms. The molecule has 0 unspecified atom stereocenters. The quantitative estimate of drug-likeness (QED) is 0.584. The third-order valence-electron chi connectivity index (χ3n) is 2.62. The molecule has 2 rings (SSSR count). The normalized spacial score (nSPS) is 10.4. The van der Waals surface area contributed by atoms with E-state index >= 15 is 0 Å². The molecule has 0 aliphatic rings. The van der Waals surface area contributed by atoms with E-state index in [1.54, 1.807) is 19.0 Å². The van der Waals surface area contributed by atoms with Gasteiger partial charge in [-0.05, 0) is 24.3 Å². The number of hydrogen-bond acceptors (Lipinski definition) is 8. The Morgan fingerprint density at radius 2 is 1.96 bits per heavy atom. The maximum absolute atomic E-state index is 11.8. The van der Waals surface area contributed by atoms with E-state index in [2.05, 4.69) is 30.9 Å². The first-order valence-corrected chi connectivity index (χ1v) is 8.43. The highest BCUT2D eigenvalue weighted by atomic mass is 79.9. The molecule has 0 saturated carbocycles. The summed E-state index contributed by atoms with van der Waals surface area (Å²) >= 11 is 4.77. The lowest BCUT2D eigenvalue weighted by molar-refractivity contribution is -0.141. The van der Waals surface area contributed by atoms with E-state index in [0.29, 0.717) is 11.8 Å². The summed E-state index contributed by atoms with van der Waals surface area (Å²) in [5.41, 5.74) is 5.61. The highest BCUT2D eigenvalue weighted by molar-refractivity contribution is 9.10. The van der Waals surface area contributed by atoms with Crippen molar-refractivity contribution in [2.75, 3.05) is 30.5 Å². The van der Waals surface area contributed by atoms with Gasteiger partial charge in [-0.1, -0.05) is 15.9 Å². The molecule has 0 amide bonds. The minimum Gasteiger partial charge on any atom is -0.457 e. The van der Waals surface area contributed by atoms with Crippen molar-refractivity contribution in [2.24, 2.45) is 0 Å². The fourth-order valence-corrected chi connectivity index (χ4v) is 2.51. The molecule has 0 atom stereocenters. The molecule has 7 nitrogen and oxygen atoms in total. The van der Waals surface area contributed by atoms with Crippen LogP contribution in [0.15, 0.2) is 33.6 Å². The van der Waals surface area contributed by atoms with Crippen molar-refractivity contribution >= 4 is 45.6 Å². The number of nitrogens with two attached hydrogens (primary N) is 1. The van der Waals surface area contributed by atoms with Crippen molar-refractivity contribution in [3.05, 3.63) is 34.6 Å². The average Bonchev–Trinajstić information content (AvgIpc) is 2.52. The second-order valence-electron chi connectivity index (χ2n) is 4.71. The van der Waals surface area contributed by atoms with E-state index in [0.717, 1.165) is 9.37 Å². The Morgan fingerprint density at radius 3 is 2.61 bits per heavy atom. The second-order valence-corrected chi connectivity index (χ2v) is 6.67. The summed E-state index contributed by atoms with van der Waals surface area (Å²) in [7, 11) is 3.58. The average molecular weight is 398 g/mol. The first-order valence-electron chi connectivity index (χ1n) is 6.66. The van der Waals surface area contributed by atoms with Gasteiger partial charge in [0.25, 0.3) is 0 Å². The molecular formula is C14H16BrN5O2S. The van der Waals surface area contributed by atoms with Crippen molar-refractivity contribution in [1.29, 1.82) is 0 Å². The van der Waals surface area contributed by atoms with Crippen LogP contribution in [-0.4, -0.2) is 40.8 Å². The minimum absolute atomic E-state index is 0.0344. The molecule has 0 aliphatic carbocycles. The van der Waals surface area contributed by atoms with Gasteiger partial charge in [-0.15, -0.1) is 11.8 Å². The molecular weight excluding hydrogens is 382 g/mol. The lowest BCUT2D eigenvalue weighted by Gasteiger charge is -2.11. The first-order chi connectivity index (χ1) is 10.9. The summed E-state index contributed by atoms with van der Waals surface area (Å²) in [4.78, 5) is 26.6. The number of nitrogen functional groups attached to an aromatic ring is 1. The molecule has 0 saturated heterocycles. The van der Waals surface area contributed by atoms with Gasteiger partial charge in [-0.25, -0.2) is 0 Å². The SMILES string of the molecule is CN(C)c1nc(N)nc(COC(=O)CSc2ccc(Br)cc2)n1. The summed E-state index contributed by atoms with van der Waals surface area (Å²) in [5.74, 6) is 0.709. The van der Waals surface area contributed by atoms with Crippen LogP contribution in [0.2, 0.25) is 0 Å². The first kappa shape index (κ1) is 17.5. The fraction of sp³-hybridized carbons (Fsp3) is 0.286. The number of carbonyl (C=O) groups is 1. The highest BCUT2D eigenvalue weighted by Crippen LogP contribution is 2.20. The predicted molar refractivity (Wildman–Crippen MR) is 93.2 cm³/mol. The van der Waals surface area contributed by atoms with Crippen LogP contribution >= 0.6 is 27.7 Å². The number of thioether (sulfide) groups is 1. The van der Waals surface area contributed by atoms with E-state index in [9.17, 15) is 4.79 Å². The molecule has 2 aromatic rings. The summed E-state index contributed by atoms with van der Waals surface area (Å²) in [6.45, 7) is -0.0344. The van der Waals surface area contributed by atoms with Gasteiger partial charge in [0.05, 0.1) is 5.75 Å². The lowest BCUT2D eigenvalue weighted by atomic mass is 10.4. The summed E-state index contributed by atoms with van der Waals surface area (Å²) in [5, 5.41) is 0. The molecule has 1 aromatic heterocycles. The Kier molecular flexibility index (Phi) is 6.17. The second kappa shape index (κ2) is 8.11.